The molecule has 1 spiro atoms. The van der Waals surface area contributed by atoms with E-state index >= 15 is 19.2 Å². The Hall–Kier alpha value is -8.26. The van der Waals surface area contributed by atoms with E-state index in [0.717, 1.165) is 109 Å². The minimum Gasteiger partial charge on any atom is -0.343 e. The third-order valence-corrected chi connectivity index (χ3v) is 21.6. The number of alkyl halides is 9. The second kappa shape index (κ2) is 35.4. The molecule has 0 unspecified atom stereocenters. The van der Waals surface area contributed by atoms with Crippen molar-refractivity contribution in [2.75, 3.05) is 88.6 Å². The van der Waals surface area contributed by atoms with Gasteiger partial charge < -0.3 is 60.0 Å². The van der Waals surface area contributed by atoms with Crippen LogP contribution in [0.4, 0.5) is 39.5 Å². The van der Waals surface area contributed by atoms with Gasteiger partial charge in [0.2, 0.25) is 70.9 Å². The fourth-order valence-electron chi connectivity index (χ4n) is 14.7. The van der Waals surface area contributed by atoms with E-state index in [1.165, 1.54) is 35.7 Å². The molecular formula is C71H96ClF9N12O12. The van der Waals surface area contributed by atoms with Crippen LogP contribution in [0, 0.1) is 11.8 Å². The van der Waals surface area contributed by atoms with Crippen molar-refractivity contribution in [3.8, 4) is 0 Å². The highest BCUT2D eigenvalue weighted by Crippen LogP contribution is 2.39. The first-order valence-corrected chi connectivity index (χ1v) is 35.9. The summed E-state index contributed by atoms with van der Waals surface area (Å²) >= 11 is 6.11. The Kier molecular flexibility index (Phi) is 28.3. The molecule has 8 atom stereocenters. The van der Waals surface area contributed by atoms with Gasteiger partial charge in [-0.05, 0) is 111 Å². The topological polar surface area (TPSA) is 270 Å². The molecule has 5 fully saturated rings. The molecule has 0 aromatic heterocycles. The number of rotatable bonds is 10. The number of halogens is 10. The Morgan fingerprint density at radius 1 is 0.590 bits per heavy atom. The van der Waals surface area contributed by atoms with Gasteiger partial charge in [-0.15, -0.1) is 0 Å². The lowest BCUT2D eigenvalue weighted by atomic mass is 9.81. The number of amides is 12. The Labute approximate surface area is 609 Å². The van der Waals surface area contributed by atoms with Crippen molar-refractivity contribution in [2.24, 2.45) is 11.8 Å². The van der Waals surface area contributed by atoms with Crippen LogP contribution in [0.1, 0.15) is 145 Å². The van der Waals surface area contributed by atoms with E-state index in [4.69, 9.17) is 11.6 Å². The second-order valence-electron chi connectivity index (χ2n) is 28.7. The molecule has 0 radical (unpaired) electrons. The molecule has 3 N–H and O–H groups in total. The zero-order chi connectivity index (χ0) is 78.0. The molecule has 12 amide bonds. The minimum absolute atomic E-state index is 0.0197. The summed E-state index contributed by atoms with van der Waals surface area (Å²) in [4.78, 5) is 186. The van der Waals surface area contributed by atoms with E-state index in [1.807, 2.05) is 0 Å². The van der Waals surface area contributed by atoms with Crippen molar-refractivity contribution >= 4 is 82.5 Å². The zero-order valence-corrected chi connectivity index (χ0v) is 61.4. The highest BCUT2D eigenvalue weighted by molar-refractivity contribution is 6.31. The highest BCUT2D eigenvalue weighted by Gasteiger charge is 2.52. The average Bonchev–Trinajstić information content (AvgIpc) is 1.76. The zero-order valence-electron chi connectivity index (χ0n) is 60.6. The van der Waals surface area contributed by atoms with Crippen LogP contribution < -0.4 is 16.0 Å². The summed E-state index contributed by atoms with van der Waals surface area (Å²) < 4.78 is 127. The van der Waals surface area contributed by atoms with Gasteiger partial charge >= 0.3 is 18.5 Å². The lowest BCUT2D eigenvalue weighted by Crippen LogP contribution is -2.65. The predicted molar refractivity (Wildman–Crippen MR) is 364 cm³/mol. The number of benzene rings is 2. The molecule has 3 heterocycles. The van der Waals surface area contributed by atoms with Crippen LogP contribution in [0.25, 0.3) is 0 Å². The summed E-state index contributed by atoms with van der Waals surface area (Å²) in [5.41, 5.74) is -3.65. The number of carbonyl (C=O) groups is 12. The average molecular weight is 1520 g/mol. The molecule has 24 nitrogen and oxygen atoms in total. The maximum Gasteiger partial charge on any atom is 0.417 e. The summed E-state index contributed by atoms with van der Waals surface area (Å²) in [6.07, 6.45) is -13.6. The van der Waals surface area contributed by atoms with Crippen molar-refractivity contribution < 1.29 is 97.0 Å². The van der Waals surface area contributed by atoms with Crippen LogP contribution in [0.3, 0.4) is 0 Å². The van der Waals surface area contributed by atoms with Crippen LogP contribution in [-0.2, 0) is 82.7 Å². The van der Waals surface area contributed by atoms with Gasteiger partial charge in [0.15, 0.2) is 0 Å². The monoisotopic (exact) mass is 1510 g/mol. The lowest BCUT2D eigenvalue weighted by Gasteiger charge is -2.43. The van der Waals surface area contributed by atoms with Crippen molar-refractivity contribution in [1.29, 1.82) is 0 Å². The molecule has 2 aromatic carbocycles. The first-order valence-electron chi connectivity index (χ1n) is 35.5. The molecule has 3 saturated heterocycles. The molecule has 2 aliphatic carbocycles. The number of hydrogen-bond donors (Lipinski definition) is 3. The van der Waals surface area contributed by atoms with E-state index < -0.39 is 204 Å². The molecular weight excluding hydrogens is 1420 g/mol. The number of carbonyl (C=O) groups excluding carboxylic acids is 12. The SMILES string of the molecule is CC[C@H](C)[C@@H]1NC(=O)[C@H](CC(F)(F)F)N(C)C(=O)C[C@@H](C(=O)N2CCCC2)N(C)C(=O)[C@H](C2CCCCC2)N(C)C(=O)C2(CCCC2)NC(=O)[C@@H]2CCCN2C(=O)[C@H](CCc2ccc(C(F)(F)F)c(Cl)c2)NC(=O)CN(C)C(=O)[C@H](Cc2ccc(C(F)(F)F)cc2)N(C)C(=O)CN(C)C(=O)CN(C)C1=O. The van der Waals surface area contributed by atoms with Crippen molar-refractivity contribution in [3.63, 3.8) is 0 Å². The molecule has 0 bridgehead atoms. The standard InChI is InChI=1S/C71H96ClF9N12O12/c1-10-42(2)58-65(103)87(5)40-56(96)85(3)41-57(97)88(6)51(36-44-22-26-46(27-23-44)70(76,77)78)63(101)86(4)39-54(94)82-49(29-25-43-24-28-47(48(72)35-43)71(79,80)81)62(100)93-34-18-21-50(93)61(99)84-68(30-14-15-31-68)67(105)91(9)59(45-19-12-11-13-20-45)66(104)90(8)52(64(102)92-32-16-17-33-92)37-55(95)89(7)53(60(98)83-58)38-69(73,74)75/h22-24,26-28,35,42,45,49-53,58-59H,10-21,25,29-34,36-41H2,1-9H3,(H,82,94)(H,83,98)(H,84,99)/t42-,49-,50-,51-,52-,53-,58-,59-/m0/s1. The predicted octanol–water partition coefficient (Wildman–Crippen LogP) is 6.23. The van der Waals surface area contributed by atoms with Crippen molar-refractivity contribution in [3.05, 3.63) is 69.7 Å². The van der Waals surface area contributed by atoms with Crippen LogP contribution in [0.15, 0.2) is 42.5 Å². The van der Waals surface area contributed by atoms with E-state index in [9.17, 15) is 77.9 Å². The number of likely N-dealkylation sites (tertiary alicyclic amines) is 1. The fourth-order valence-corrected chi connectivity index (χ4v) is 15.0. The van der Waals surface area contributed by atoms with E-state index in [2.05, 4.69) is 16.0 Å². The van der Waals surface area contributed by atoms with Gasteiger partial charge in [0.25, 0.3) is 0 Å². The highest BCUT2D eigenvalue weighted by atomic mass is 35.5. The molecule has 5 aliphatic rings. The molecule has 582 valence electrons. The third kappa shape index (κ3) is 21.1. The third-order valence-electron chi connectivity index (χ3n) is 21.3. The summed E-state index contributed by atoms with van der Waals surface area (Å²) in [5.74, 6) is -12.9. The number of nitrogens with one attached hydrogen (secondary N) is 3. The summed E-state index contributed by atoms with van der Waals surface area (Å²) in [5, 5.41) is 7.26. The number of nitrogens with zero attached hydrogens (tertiary/aromatic N) is 9. The Balaban J connectivity index is 1.31. The largest absolute Gasteiger partial charge is 0.417 e. The maximum atomic E-state index is 15.6. The molecule has 34 heteroatoms. The first kappa shape index (κ1) is 84.0. The molecule has 105 heavy (non-hydrogen) atoms. The summed E-state index contributed by atoms with van der Waals surface area (Å²) in [6, 6.07) is -5.26. The molecule has 2 aromatic rings. The minimum atomic E-state index is -5.14. The Morgan fingerprint density at radius 3 is 1.76 bits per heavy atom. The van der Waals surface area contributed by atoms with Crippen LogP contribution in [0.2, 0.25) is 5.02 Å². The number of hydrogen-bond acceptors (Lipinski definition) is 12. The molecule has 3 aliphatic heterocycles. The van der Waals surface area contributed by atoms with Gasteiger partial charge in [0.05, 0.1) is 48.6 Å². The smallest absolute Gasteiger partial charge is 0.343 e. The number of aryl methyl sites for hydroxylation is 1. The quantitative estimate of drug-likeness (QED) is 0.224. The van der Waals surface area contributed by atoms with Crippen molar-refractivity contribution in [2.45, 2.75) is 202 Å². The van der Waals surface area contributed by atoms with E-state index in [-0.39, 0.29) is 75.7 Å². The van der Waals surface area contributed by atoms with E-state index in [0.29, 0.717) is 56.3 Å². The van der Waals surface area contributed by atoms with Gasteiger partial charge in [0.1, 0.15) is 47.8 Å². The number of likely N-dealkylation sites (N-methyl/N-ethyl adjacent to an activating group) is 7. The van der Waals surface area contributed by atoms with Crippen LogP contribution in [-0.4, -0.2) is 258 Å². The van der Waals surface area contributed by atoms with Gasteiger partial charge in [-0.3, -0.25) is 57.5 Å². The second-order valence-corrected chi connectivity index (χ2v) is 29.1. The Bertz CT molecular complexity index is 3510. The Morgan fingerprint density at radius 2 is 1.18 bits per heavy atom. The van der Waals surface area contributed by atoms with Crippen molar-refractivity contribution in [1.82, 2.24) is 60.0 Å². The lowest BCUT2D eigenvalue weighted by molar-refractivity contribution is -0.163. The summed E-state index contributed by atoms with van der Waals surface area (Å²) in [7, 11) is 8.08. The van der Waals surface area contributed by atoms with Gasteiger partial charge in [-0.2, -0.15) is 39.5 Å². The fraction of sp³-hybridized carbons (Fsp3) is 0.662. The first-order chi connectivity index (χ1) is 49.1. The van der Waals surface area contributed by atoms with E-state index in [1.54, 1.807) is 6.92 Å². The molecule has 2 saturated carbocycles. The van der Waals surface area contributed by atoms with Gasteiger partial charge in [0, 0.05) is 75.4 Å². The summed E-state index contributed by atoms with van der Waals surface area (Å²) in [6.45, 7) is 0.835. The normalized spacial score (nSPS) is 25.3. The number of fused-ring (bicyclic) bond motifs is 1. The van der Waals surface area contributed by atoms with Gasteiger partial charge in [-0.1, -0.05) is 82.2 Å². The van der Waals surface area contributed by atoms with Crippen LogP contribution >= 0.6 is 11.6 Å². The molecule has 7 rings (SSSR count). The van der Waals surface area contributed by atoms with Crippen LogP contribution in [0.5, 0.6) is 0 Å². The van der Waals surface area contributed by atoms with Gasteiger partial charge in [-0.25, -0.2) is 0 Å². The maximum absolute atomic E-state index is 15.6.